The lowest BCUT2D eigenvalue weighted by Crippen LogP contribution is -2.22. The predicted molar refractivity (Wildman–Crippen MR) is 88.7 cm³/mol. The Labute approximate surface area is 129 Å². The minimum absolute atomic E-state index is 0.211. The van der Waals surface area contributed by atoms with Crippen LogP contribution in [-0.2, 0) is 0 Å². The molecule has 1 atom stereocenters. The second kappa shape index (κ2) is 6.33. The van der Waals surface area contributed by atoms with E-state index in [2.05, 4.69) is 52.5 Å². The molecule has 0 spiro atoms. The SMILES string of the molecule is CCCNC(c1ccc2nc(C)ccc2c1)c1cncs1. The number of fused-ring (bicyclic) bond motifs is 1. The third-order valence-corrected chi connectivity index (χ3v) is 4.36. The summed E-state index contributed by atoms with van der Waals surface area (Å²) in [5, 5.41) is 4.80. The van der Waals surface area contributed by atoms with Crippen molar-refractivity contribution in [1.82, 2.24) is 15.3 Å². The second-order valence-electron chi connectivity index (χ2n) is 5.20. The van der Waals surface area contributed by atoms with Crippen LogP contribution in [0, 0.1) is 6.92 Å². The zero-order valence-electron chi connectivity index (χ0n) is 12.3. The van der Waals surface area contributed by atoms with Crippen LogP contribution >= 0.6 is 11.3 Å². The predicted octanol–water partition coefficient (Wildman–Crippen LogP) is 4.09. The van der Waals surface area contributed by atoms with Crippen LogP contribution in [0.3, 0.4) is 0 Å². The number of benzene rings is 1. The van der Waals surface area contributed by atoms with E-state index in [0.29, 0.717) is 0 Å². The highest BCUT2D eigenvalue weighted by Crippen LogP contribution is 2.27. The number of aryl methyl sites for hydroxylation is 1. The van der Waals surface area contributed by atoms with Gasteiger partial charge in [0.05, 0.1) is 17.1 Å². The van der Waals surface area contributed by atoms with Gasteiger partial charge in [0.25, 0.3) is 0 Å². The normalized spacial score (nSPS) is 12.7. The van der Waals surface area contributed by atoms with Gasteiger partial charge < -0.3 is 5.32 Å². The molecule has 2 heterocycles. The van der Waals surface area contributed by atoms with Gasteiger partial charge in [0, 0.05) is 22.2 Å². The molecule has 3 nitrogen and oxygen atoms in total. The number of aromatic nitrogens is 2. The summed E-state index contributed by atoms with van der Waals surface area (Å²) in [5.41, 5.74) is 5.27. The number of nitrogens with zero attached hydrogens (tertiary/aromatic N) is 2. The summed E-state index contributed by atoms with van der Waals surface area (Å²) in [7, 11) is 0. The summed E-state index contributed by atoms with van der Waals surface area (Å²) in [5.74, 6) is 0. The summed E-state index contributed by atoms with van der Waals surface area (Å²) in [6, 6.07) is 10.9. The lowest BCUT2D eigenvalue weighted by atomic mass is 10.0. The maximum absolute atomic E-state index is 4.57. The van der Waals surface area contributed by atoms with E-state index in [0.717, 1.165) is 24.2 Å². The zero-order valence-corrected chi connectivity index (χ0v) is 13.2. The molecule has 2 aromatic heterocycles. The summed E-state index contributed by atoms with van der Waals surface area (Å²) in [6.45, 7) is 5.20. The highest BCUT2D eigenvalue weighted by molar-refractivity contribution is 7.09. The Morgan fingerprint density at radius 3 is 2.90 bits per heavy atom. The number of hydrogen-bond donors (Lipinski definition) is 1. The smallest absolute Gasteiger partial charge is 0.0794 e. The first-order valence-electron chi connectivity index (χ1n) is 7.27. The topological polar surface area (TPSA) is 37.8 Å². The molecule has 0 amide bonds. The van der Waals surface area contributed by atoms with E-state index in [1.165, 1.54) is 15.8 Å². The highest BCUT2D eigenvalue weighted by Gasteiger charge is 2.15. The van der Waals surface area contributed by atoms with Crippen molar-refractivity contribution >= 4 is 22.2 Å². The number of rotatable bonds is 5. The first kappa shape index (κ1) is 14.2. The Morgan fingerprint density at radius 1 is 1.24 bits per heavy atom. The minimum atomic E-state index is 0.211. The third-order valence-electron chi connectivity index (χ3n) is 3.52. The van der Waals surface area contributed by atoms with Crippen molar-refractivity contribution in [3.63, 3.8) is 0 Å². The van der Waals surface area contributed by atoms with E-state index in [1.54, 1.807) is 11.3 Å². The van der Waals surface area contributed by atoms with Gasteiger partial charge in [-0.25, -0.2) is 0 Å². The number of pyridine rings is 1. The van der Waals surface area contributed by atoms with Crippen molar-refractivity contribution in [2.45, 2.75) is 26.3 Å². The quantitative estimate of drug-likeness (QED) is 0.771. The molecule has 1 N–H and O–H groups in total. The maximum Gasteiger partial charge on any atom is 0.0794 e. The van der Waals surface area contributed by atoms with Gasteiger partial charge >= 0.3 is 0 Å². The van der Waals surface area contributed by atoms with E-state index in [1.807, 2.05) is 18.6 Å². The molecule has 3 rings (SSSR count). The number of nitrogens with one attached hydrogen (secondary N) is 1. The van der Waals surface area contributed by atoms with Crippen molar-refractivity contribution in [1.29, 1.82) is 0 Å². The Morgan fingerprint density at radius 2 is 2.14 bits per heavy atom. The standard InChI is InChI=1S/C17H19N3S/c1-3-8-19-17(16-10-18-11-21-16)14-6-7-15-13(9-14)5-4-12(2)20-15/h4-7,9-11,17,19H,3,8H2,1-2H3. The van der Waals surface area contributed by atoms with Crippen molar-refractivity contribution in [3.8, 4) is 0 Å². The maximum atomic E-state index is 4.57. The molecule has 4 heteroatoms. The summed E-state index contributed by atoms with van der Waals surface area (Å²) < 4.78 is 0. The summed E-state index contributed by atoms with van der Waals surface area (Å²) >= 11 is 1.69. The van der Waals surface area contributed by atoms with E-state index < -0.39 is 0 Å². The molecule has 3 aromatic rings. The molecule has 0 aliphatic carbocycles. The first-order chi connectivity index (χ1) is 10.3. The lowest BCUT2D eigenvalue weighted by molar-refractivity contribution is 0.605. The Hall–Kier alpha value is -1.78. The van der Waals surface area contributed by atoms with Gasteiger partial charge in [-0.3, -0.25) is 9.97 Å². The number of hydrogen-bond acceptors (Lipinski definition) is 4. The molecule has 0 fully saturated rings. The molecule has 0 radical (unpaired) electrons. The van der Waals surface area contributed by atoms with Gasteiger partial charge in [-0.1, -0.05) is 19.1 Å². The molecule has 21 heavy (non-hydrogen) atoms. The van der Waals surface area contributed by atoms with Crippen molar-refractivity contribution in [3.05, 3.63) is 58.2 Å². The van der Waals surface area contributed by atoms with Crippen LogP contribution in [-0.4, -0.2) is 16.5 Å². The largest absolute Gasteiger partial charge is 0.306 e. The van der Waals surface area contributed by atoms with Gasteiger partial charge in [0.1, 0.15) is 0 Å². The minimum Gasteiger partial charge on any atom is -0.306 e. The molecule has 0 saturated heterocycles. The molecular weight excluding hydrogens is 278 g/mol. The molecule has 0 saturated carbocycles. The van der Waals surface area contributed by atoms with Crippen LogP contribution < -0.4 is 5.32 Å². The first-order valence-corrected chi connectivity index (χ1v) is 8.15. The van der Waals surface area contributed by atoms with E-state index in [-0.39, 0.29) is 6.04 Å². The summed E-state index contributed by atoms with van der Waals surface area (Å²) in [6.07, 6.45) is 3.07. The summed E-state index contributed by atoms with van der Waals surface area (Å²) in [4.78, 5) is 10.0. The molecule has 1 aromatic carbocycles. The second-order valence-corrected chi connectivity index (χ2v) is 6.11. The van der Waals surface area contributed by atoms with Crippen molar-refractivity contribution in [2.24, 2.45) is 0 Å². The van der Waals surface area contributed by atoms with Gasteiger partial charge in [-0.05, 0) is 43.7 Å². The van der Waals surface area contributed by atoms with Gasteiger partial charge in [0.15, 0.2) is 0 Å². The molecular formula is C17H19N3S. The molecule has 1 unspecified atom stereocenters. The number of thiazole rings is 1. The Balaban J connectivity index is 2.00. The average Bonchev–Trinajstić information content (AvgIpc) is 3.02. The van der Waals surface area contributed by atoms with E-state index >= 15 is 0 Å². The lowest BCUT2D eigenvalue weighted by Gasteiger charge is -2.17. The van der Waals surface area contributed by atoms with Crippen LogP contribution in [0.1, 0.15) is 35.5 Å². The van der Waals surface area contributed by atoms with Gasteiger partial charge in [-0.15, -0.1) is 11.3 Å². The Bertz CT molecular complexity index is 722. The molecule has 108 valence electrons. The average molecular weight is 297 g/mol. The van der Waals surface area contributed by atoms with Crippen LogP contribution in [0.15, 0.2) is 42.0 Å². The molecule has 0 bridgehead atoms. The fourth-order valence-electron chi connectivity index (χ4n) is 2.47. The van der Waals surface area contributed by atoms with Crippen molar-refractivity contribution < 1.29 is 0 Å². The van der Waals surface area contributed by atoms with E-state index in [9.17, 15) is 0 Å². The van der Waals surface area contributed by atoms with Gasteiger partial charge in [-0.2, -0.15) is 0 Å². The third kappa shape index (κ3) is 3.12. The van der Waals surface area contributed by atoms with Crippen LogP contribution in [0.4, 0.5) is 0 Å². The van der Waals surface area contributed by atoms with Crippen molar-refractivity contribution in [2.75, 3.05) is 6.54 Å². The Kier molecular flexibility index (Phi) is 4.27. The van der Waals surface area contributed by atoms with Crippen LogP contribution in [0.25, 0.3) is 10.9 Å². The zero-order chi connectivity index (χ0) is 14.7. The monoisotopic (exact) mass is 297 g/mol. The van der Waals surface area contributed by atoms with E-state index in [4.69, 9.17) is 0 Å². The van der Waals surface area contributed by atoms with Crippen LogP contribution in [0.5, 0.6) is 0 Å². The van der Waals surface area contributed by atoms with Crippen LogP contribution in [0.2, 0.25) is 0 Å². The fraction of sp³-hybridized carbons (Fsp3) is 0.294. The fourth-order valence-corrected chi connectivity index (χ4v) is 3.19. The van der Waals surface area contributed by atoms with Gasteiger partial charge in [0.2, 0.25) is 0 Å². The molecule has 0 aliphatic heterocycles. The molecule has 0 aliphatic rings. The highest BCUT2D eigenvalue weighted by atomic mass is 32.1.